The number of benzene rings is 1. The average molecular weight is 537 g/mol. The quantitative estimate of drug-likeness (QED) is 0.209. The normalized spacial score (nSPS) is 17.4. The van der Waals surface area contributed by atoms with Gasteiger partial charge >= 0.3 is 17.8 Å². The lowest BCUT2D eigenvalue weighted by atomic mass is 9.96. The first-order valence-corrected chi connectivity index (χ1v) is 13.5. The van der Waals surface area contributed by atoms with Crippen LogP contribution >= 0.6 is 0 Å². The molecule has 1 aromatic carbocycles. The molecular weight excluding hydrogens is 501 g/mol. The molecule has 1 aliphatic carbocycles. The topological polar surface area (TPSA) is 80.1 Å². The maximum absolute atomic E-state index is 13.8. The van der Waals surface area contributed by atoms with E-state index in [1.54, 1.807) is 11.9 Å². The van der Waals surface area contributed by atoms with Crippen molar-refractivity contribution in [2.75, 3.05) is 20.2 Å². The molecule has 2 aromatic rings. The summed E-state index contributed by atoms with van der Waals surface area (Å²) >= 11 is 0. The largest absolute Gasteiger partial charge is 0.493 e. The number of halogens is 3. The fraction of sp³-hybridized carbons (Fsp3) is 0.607. The molecule has 0 unspecified atom stereocenters. The minimum Gasteiger partial charge on any atom is -0.493 e. The highest BCUT2D eigenvalue weighted by atomic mass is 19.4. The molecule has 4 rings (SSSR count). The number of fused-ring (bicyclic) bond motifs is 1. The predicted molar refractivity (Wildman–Crippen MR) is 136 cm³/mol. The first-order chi connectivity index (χ1) is 18.0. The lowest BCUT2D eigenvalue weighted by molar-refractivity contribution is -0.136. The number of unbranched alkanes of at least 4 members (excludes halogenated alkanes) is 1. The number of nitrogens with zero attached hydrogens (tertiary/aromatic N) is 2. The highest BCUT2D eigenvalue weighted by Gasteiger charge is 2.56. The molecule has 0 radical (unpaired) electrons. The van der Waals surface area contributed by atoms with Crippen LogP contribution in [0.2, 0.25) is 0 Å². The fourth-order valence-corrected chi connectivity index (χ4v) is 5.85. The molecule has 1 saturated carbocycles. The molecule has 0 atom stereocenters. The molecule has 0 N–H and O–H groups in total. The Bertz CT molecular complexity index is 1260. The Labute approximate surface area is 219 Å². The number of hydrogen-bond donors (Lipinski definition) is 0. The first kappa shape index (κ1) is 28.0. The molecule has 1 aliphatic heterocycles. The smallest absolute Gasteiger partial charge is 0.417 e. The predicted octanol–water partition coefficient (Wildman–Crippen LogP) is 6.08. The SMILES string of the molecule is CCCc1cc2c(C(F)(F)F)cc(=O)oc2c(CCC)c1OCCCCN1C(=O)N(C)C2(CCCC2)C1=O. The molecule has 208 valence electrons. The fourth-order valence-electron chi connectivity index (χ4n) is 5.85. The van der Waals surface area contributed by atoms with E-state index in [1.807, 2.05) is 13.8 Å². The van der Waals surface area contributed by atoms with Crippen LogP contribution in [0.25, 0.3) is 11.0 Å². The molecule has 38 heavy (non-hydrogen) atoms. The number of amides is 3. The van der Waals surface area contributed by atoms with Gasteiger partial charge in [-0.3, -0.25) is 9.69 Å². The number of urea groups is 1. The second kappa shape index (κ2) is 11.0. The second-order valence-corrected chi connectivity index (χ2v) is 10.3. The van der Waals surface area contributed by atoms with Crippen molar-refractivity contribution in [3.05, 3.63) is 39.2 Å². The van der Waals surface area contributed by atoms with Gasteiger partial charge in [-0.25, -0.2) is 9.59 Å². The van der Waals surface area contributed by atoms with Crippen molar-refractivity contribution >= 4 is 22.9 Å². The summed E-state index contributed by atoms with van der Waals surface area (Å²) in [7, 11) is 1.70. The first-order valence-electron chi connectivity index (χ1n) is 13.5. The molecule has 3 amide bonds. The van der Waals surface area contributed by atoms with E-state index in [9.17, 15) is 27.6 Å². The third-order valence-electron chi connectivity index (χ3n) is 7.74. The highest BCUT2D eigenvalue weighted by molar-refractivity contribution is 6.07. The number of aryl methyl sites for hydroxylation is 2. The van der Waals surface area contributed by atoms with Crippen molar-refractivity contribution < 1.29 is 31.9 Å². The van der Waals surface area contributed by atoms with Gasteiger partial charge in [0.1, 0.15) is 16.9 Å². The Morgan fingerprint density at radius 2 is 1.71 bits per heavy atom. The van der Waals surface area contributed by atoms with Crippen LogP contribution in [-0.2, 0) is 23.8 Å². The van der Waals surface area contributed by atoms with E-state index < -0.39 is 22.9 Å². The molecule has 2 fully saturated rings. The van der Waals surface area contributed by atoms with Crippen molar-refractivity contribution in [1.82, 2.24) is 9.80 Å². The van der Waals surface area contributed by atoms with Crippen LogP contribution in [0.5, 0.6) is 5.75 Å². The lowest BCUT2D eigenvalue weighted by Crippen LogP contribution is -2.45. The average Bonchev–Trinajstić information content (AvgIpc) is 3.42. The zero-order valence-electron chi connectivity index (χ0n) is 22.2. The molecule has 10 heteroatoms. The minimum absolute atomic E-state index is 0.0836. The second-order valence-electron chi connectivity index (χ2n) is 10.3. The highest BCUT2D eigenvalue weighted by Crippen LogP contribution is 2.42. The van der Waals surface area contributed by atoms with E-state index in [-0.39, 0.29) is 36.1 Å². The molecule has 7 nitrogen and oxygen atoms in total. The van der Waals surface area contributed by atoms with Gasteiger partial charge in [-0.1, -0.05) is 39.5 Å². The van der Waals surface area contributed by atoms with E-state index in [0.717, 1.165) is 12.8 Å². The maximum Gasteiger partial charge on any atom is 0.417 e. The van der Waals surface area contributed by atoms with E-state index in [1.165, 1.54) is 11.0 Å². The van der Waals surface area contributed by atoms with E-state index in [2.05, 4.69) is 0 Å². The summed E-state index contributed by atoms with van der Waals surface area (Å²) in [6.45, 7) is 4.37. The van der Waals surface area contributed by atoms with Gasteiger partial charge in [0, 0.05) is 30.6 Å². The summed E-state index contributed by atoms with van der Waals surface area (Å²) in [6, 6.07) is 1.67. The summed E-state index contributed by atoms with van der Waals surface area (Å²) in [6.07, 6.45) is 1.84. The van der Waals surface area contributed by atoms with Gasteiger partial charge in [-0.2, -0.15) is 13.2 Å². The number of imide groups is 1. The molecule has 2 heterocycles. The third kappa shape index (κ3) is 5.01. The summed E-state index contributed by atoms with van der Waals surface area (Å²) in [4.78, 5) is 40.7. The van der Waals surface area contributed by atoms with Gasteiger partial charge < -0.3 is 14.1 Å². The number of hydrogen-bond acceptors (Lipinski definition) is 5. The summed E-state index contributed by atoms with van der Waals surface area (Å²) < 4.78 is 52.7. The van der Waals surface area contributed by atoms with E-state index >= 15 is 0 Å². The number of alkyl halides is 3. The maximum atomic E-state index is 13.8. The van der Waals surface area contributed by atoms with Crippen LogP contribution in [0.1, 0.15) is 81.9 Å². The molecule has 1 aromatic heterocycles. The number of carbonyl (C=O) groups is 2. The Kier molecular flexibility index (Phi) is 8.09. The van der Waals surface area contributed by atoms with Crippen LogP contribution in [0.3, 0.4) is 0 Å². The third-order valence-corrected chi connectivity index (χ3v) is 7.74. The van der Waals surface area contributed by atoms with Gasteiger partial charge in [-0.05, 0) is 50.2 Å². The monoisotopic (exact) mass is 536 g/mol. The van der Waals surface area contributed by atoms with Crippen molar-refractivity contribution in [3.8, 4) is 5.75 Å². The van der Waals surface area contributed by atoms with Gasteiger partial charge in [0.05, 0.1) is 12.2 Å². The summed E-state index contributed by atoms with van der Waals surface area (Å²) in [5.41, 5.74) is -1.73. The lowest BCUT2D eigenvalue weighted by Gasteiger charge is -2.27. The minimum atomic E-state index is -4.70. The number of rotatable bonds is 10. The van der Waals surface area contributed by atoms with Gasteiger partial charge in [-0.15, -0.1) is 0 Å². The standard InChI is InChI=1S/C28H35F3N2O5/c1-4-10-18-16-20-21(28(29,30)31)17-22(34)38-24(20)19(11-5-2)23(18)37-15-9-8-14-33-25(35)27(12-6-7-13-27)32(3)26(33)36/h16-17H,4-15H2,1-3H3. The molecule has 0 bridgehead atoms. The van der Waals surface area contributed by atoms with Crippen LogP contribution in [0.15, 0.2) is 21.3 Å². The number of carbonyl (C=O) groups excluding carboxylic acids is 2. The van der Waals surface area contributed by atoms with Gasteiger partial charge in [0.15, 0.2) is 0 Å². The Balaban J connectivity index is 1.53. The van der Waals surface area contributed by atoms with Crippen LogP contribution in [0.4, 0.5) is 18.0 Å². The van der Waals surface area contributed by atoms with Gasteiger partial charge in [0.2, 0.25) is 0 Å². The zero-order valence-corrected chi connectivity index (χ0v) is 22.2. The van der Waals surface area contributed by atoms with Crippen LogP contribution < -0.4 is 10.4 Å². The van der Waals surface area contributed by atoms with Gasteiger partial charge in [0.25, 0.3) is 5.91 Å². The molecule has 1 saturated heterocycles. The molecule has 2 aliphatic rings. The van der Waals surface area contributed by atoms with E-state index in [0.29, 0.717) is 74.3 Å². The van der Waals surface area contributed by atoms with Crippen molar-refractivity contribution in [3.63, 3.8) is 0 Å². The van der Waals surface area contributed by atoms with Crippen LogP contribution in [0, 0.1) is 0 Å². The van der Waals surface area contributed by atoms with Crippen molar-refractivity contribution in [2.45, 2.75) is 89.8 Å². The Morgan fingerprint density at radius 3 is 2.34 bits per heavy atom. The van der Waals surface area contributed by atoms with Crippen molar-refractivity contribution in [2.24, 2.45) is 0 Å². The van der Waals surface area contributed by atoms with E-state index in [4.69, 9.17) is 9.15 Å². The Hall–Kier alpha value is -3.04. The number of likely N-dealkylation sites (N-methyl/N-ethyl adjacent to an activating group) is 1. The van der Waals surface area contributed by atoms with Crippen LogP contribution in [-0.4, -0.2) is 47.5 Å². The summed E-state index contributed by atoms with van der Waals surface area (Å²) in [5.74, 6) is 0.338. The Morgan fingerprint density at radius 1 is 1.03 bits per heavy atom. The molecular formula is C28H35F3N2O5. The zero-order chi connectivity index (χ0) is 27.7. The number of ether oxygens (including phenoxy) is 1. The van der Waals surface area contributed by atoms with Crippen molar-refractivity contribution in [1.29, 1.82) is 0 Å². The summed E-state index contributed by atoms with van der Waals surface area (Å²) in [5, 5.41) is -0.132. The molecule has 1 spiro atoms.